The Labute approximate surface area is 110 Å². The van der Waals surface area contributed by atoms with Crippen molar-refractivity contribution in [3.8, 4) is 0 Å². The zero-order valence-corrected chi connectivity index (χ0v) is 10.4. The predicted molar refractivity (Wildman–Crippen MR) is 74.4 cm³/mol. The molecule has 5 nitrogen and oxygen atoms in total. The van der Waals surface area contributed by atoms with Gasteiger partial charge in [0.05, 0.1) is 0 Å². The molecule has 0 atom stereocenters. The number of carbonyl (C=O) groups excluding carboxylic acids is 1. The number of carbonyl (C=O) groups is 1. The van der Waals surface area contributed by atoms with Gasteiger partial charge in [-0.3, -0.25) is 4.79 Å². The Morgan fingerprint density at radius 1 is 1.16 bits per heavy atom. The van der Waals surface area contributed by atoms with E-state index in [0.717, 1.165) is 5.69 Å². The molecule has 2 aromatic rings. The third-order valence-corrected chi connectivity index (χ3v) is 2.70. The van der Waals surface area contributed by atoms with Crippen molar-refractivity contribution in [3.63, 3.8) is 0 Å². The van der Waals surface area contributed by atoms with Crippen LogP contribution in [0.1, 0.15) is 10.4 Å². The summed E-state index contributed by atoms with van der Waals surface area (Å²) in [6.07, 6.45) is 0. The second-order valence-electron chi connectivity index (χ2n) is 3.94. The lowest BCUT2D eigenvalue weighted by Crippen LogP contribution is -2.25. The zero-order chi connectivity index (χ0) is 13.7. The minimum atomic E-state index is -0.152. The predicted octanol–water partition coefficient (Wildman–Crippen LogP) is 3.91. The van der Waals surface area contributed by atoms with Gasteiger partial charge < -0.3 is 4.90 Å². The fourth-order valence-corrected chi connectivity index (χ4v) is 1.72. The molecular formula is C14H12N4O. The summed E-state index contributed by atoms with van der Waals surface area (Å²) < 4.78 is 0. The van der Waals surface area contributed by atoms with Crippen LogP contribution < -0.4 is 4.90 Å². The molecular weight excluding hydrogens is 240 g/mol. The molecule has 0 fully saturated rings. The largest absolute Gasteiger partial charge is 0.311 e. The van der Waals surface area contributed by atoms with Crippen LogP contribution in [0.3, 0.4) is 0 Å². The Kier molecular flexibility index (Phi) is 3.81. The van der Waals surface area contributed by atoms with Crippen LogP contribution in [0.2, 0.25) is 0 Å². The molecule has 0 saturated heterocycles. The molecule has 2 rings (SSSR count). The maximum atomic E-state index is 12.3. The summed E-state index contributed by atoms with van der Waals surface area (Å²) in [4.78, 5) is 16.6. The van der Waals surface area contributed by atoms with E-state index >= 15 is 0 Å². The molecule has 0 aliphatic carbocycles. The van der Waals surface area contributed by atoms with E-state index < -0.39 is 0 Å². The molecule has 0 heterocycles. The molecule has 0 aliphatic rings. The van der Waals surface area contributed by atoms with E-state index in [1.54, 1.807) is 36.2 Å². The molecule has 0 aliphatic heterocycles. The topological polar surface area (TPSA) is 69.1 Å². The number of amides is 1. The first kappa shape index (κ1) is 12.7. The van der Waals surface area contributed by atoms with Crippen molar-refractivity contribution in [3.05, 3.63) is 70.6 Å². The Hall–Kier alpha value is -2.78. The van der Waals surface area contributed by atoms with Crippen molar-refractivity contribution in [1.29, 1.82) is 0 Å². The second-order valence-corrected chi connectivity index (χ2v) is 3.94. The quantitative estimate of drug-likeness (QED) is 0.464. The molecule has 0 saturated carbocycles. The normalized spacial score (nSPS) is 9.53. The number of azide groups is 1. The van der Waals surface area contributed by atoms with Gasteiger partial charge in [0.1, 0.15) is 0 Å². The fourth-order valence-electron chi connectivity index (χ4n) is 1.72. The first-order chi connectivity index (χ1) is 9.22. The molecule has 0 N–H and O–H groups in total. The third-order valence-electron chi connectivity index (χ3n) is 2.70. The molecule has 0 spiro atoms. The minimum Gasteiger partial charge on any atom is -0.311 e. The van der Waals surface area contributed by atoms with Gasteiger partial charge in [-0.25, -0.2) is 0 Å². The highest BCUT2D eigenvalue weighted by Crippen LogP contribution is 2.18. The van der Waals surface area contributed by atoms with Crippen molar-refractivity contribution in [1.82, 2.24) is 0 Å². The zero-order valence-electron chi connectivity index (χ0n) is 10.4. The third kappa shape index (κ3) is 2.91. The summed E-state index contributed by atoms with van der Waals surface area (Å²) in [5, 5.41) is 3.49. The summed E-state index contributed by atoms with van der Waals surface area (Å²) in [6, 6.07) is 16.0. The van der Waals surface area contributed by atoms with Crippen LogP contribution in [0.5, 0.6) is 0 Å². The second kappa shape index (κ2) is 5.71. The number of rotatable bonds is 3. The molecule has 0 radical (unpaired) electrons. The van der Waals surface area contributed by atoms with Gasteiger partial charge in [-0.1, -0.05) is 35.4 Å². The van der Waals surface area contributed by atoms with E-state index in [0.29, 0.717) is 11.3 Å². The molecule has 2 aromatic carbocycles. The van der Waals surface area contributed by atoms with Crippen LogP contribution in [-0.2, 0) is 0 Å². The summed E-state index contributed by atoms with van der Waals surface area (Å²) in [5.74, 6) is -0.152. The molecule has 0 bridgehead atoms. The van der Waals surface area contributed by atoms with Gasteiger partial charge in [0.15, 0.2) is 0 Å². The van der Waals surface area contributed by atoms with E-state index in [1.165, 1.54) is 0 Å². The summed E-state index contributed by atoms with van der Waals surface area (Å²) in [7, 11) is 1.71. The number of hydrogen-bond donors (Lipinski definition) is 0. The van der Waals surface area contributed by atoms with Gasteiger partial charge in [-0.2, -0.15) is 0 Å². The highest BCUT2D eigenvalue weighted by atomic mass is 16.2. The van der Waals surface area contributed by atoms with E-state index in [9.17, 15) is 4.79 Å². The van der Waals surface area contributed by atoms with Crippen LogP contribution in [0.15, 0.2) is 59.7 Å². The van der Waals surface area contributed by atoms with Gasteiger partial charge in [-0.15, -0.1) is 0 Å². The van der Waals surface area contributed by atoms with Crippen LogP contribution in [0.4, 0.5) is 11.4 Å². The van der Waals surface area contributed by atoms with Crippen LogP contribution >= 0.6 is 0 Å². The van der Waals surface area contributed by atoms with E-state index in [2.05, 4.69) is 10.0 Å². The summed E-state index contributed by atoms with van der Waals surface area (Å²) in [6.45, 7) is 0. The summed E-state index contributed by atoms with van der Waals surface area (Å²) >= 11 is 0. The van der Waals surface area contributed by atoms with Crippen molar-refractivity contribution in [2.75, 3.05) is 11.9 Å². The van der Waals surface area contributed by atoms with E-state index in [-0.39, 0.29) is 5.91 Å². The number of anilines is 1. The van der Waals surface area contributed by atoms with Gasteiger partial charge in [-0.05, 0) is 29.8 Å². The first-order valence-corrected chi connectivity index (χ1v) is 5.70. The summed E-state index contributed by atoms with van der Waals surface area (Å²) in [5.41, 5.74) is 10.1. The average Bonchev–Trinajstić information content (AvgIpc) is 2.47. The van der Waals surface area contributed by atoms with Crippen LogP contribution in [0, 0.1) is 0 Å². The van der Waals surface area contributed by atoms with E-state index in [4.69, 9.17) is 5.53 Å². The maximum Gasteiger partial charge on any atom is 0.258 e. The number of para-hydroxylation sites is 1. The smallest absolute Gasteiger partial charge is 0.258 e. The first-order valence-electron chi connectivity index (χ1n) is 5.70. The number of benzene rings is 2. The number of nitrogens with zero attached hydrogens (tertiary/aromatic N) is 4. The molecule has 0 unspecified atom stereocenters. The van der Waals surface area contributed by atoms with Crippen molar-refractivity contribution in [2.24, 2.45) is 5.11 Å². The Morgan fingerprint density at radius 2 is 1.89 bits per heavy atom. The fraction of sp³-hybridized carbons (Fsp3) is 0.0714. The Bertz CT molecular complexity index is 633. The molecule has 94 valence electrons. The van der Waals surface area contributed by atoms with Crippen LogP contribution in [-0.4, -0.2) is 13.0 Å². The highest BCUT2D eigenvalue weighted by molar-refractivity contribution is 6.06. The van der Waals surface area contributed by atoms with Crippen molar-refractivity contribution in [2.45, 2.75) is 0 Å². The SMILES string of the molecule is CN(C(=O)c1cccc(N=[N+]=[N-])c1)c1ccccc1. The maximum absolute atomic E-state index is 12.3. The van der Waals surface area contributed by atoms with Crippen molar-refractivity contribution >= 4 is 17.3 Å². The lowest BCUT2D eigenvalue weighted by molar-refractivity contribution is 0.0993. The lowest BCUT2D eigenvalue weighted by Gasteiger charge is -2.17. The minimum absolute atomic E-state index is 0.152. The molecule has 1 amide bonds. The molecule has 5 heteroatoms. The van der Waals surface area contributed by atoms with Crippen molar-refractivity contribution < 1.29 is 4.79 Å². The van der Waals surface area contributed by atoms with Gasteiger partial charge >= 0.3 is 0 Å². The average molecular weight is 252 g/mol. The van der Waals surface area contributed by atoms with E-state index in [1.807, 2.05) is 30.3 Å². The highest BCUT2D eigenvalue weighted by Gasteiger charge is 2.13. The van der Waals surface area contributed by atoms with Gasteiger partial charge in [0.25, 0.3) is 5.91 Å². The standard InChI is InChI=1S/C14H12N4O/c1-18(13-8-3-2-4-9-13)14(19)11-6-5-7-12(10-11)16-17-15/h2-10H,1H3. The Morgan fingerprint density at radius 3 is 2.58 bits per heavy atom. The van der Waals surface area contributed by atoms with Gasteiger partial charge in [0.2, 0.25) is 0 Å². The van der Waals surface area contributed by atoms with Gasteiger partial charge in [0, 0.05) is 28.9 Å². The number of hydrogen-bond acceptors (Lipinski definition) is 2. The lowest BCUT2D eigenvalue weighted by atomic mass is 10.1. The molecule has 19 heavy (non-hydrogen) atoms. The Balaban J connectivity index is 2.29. The molecule has 0 aromatic heterocycles. The monoisotopic (exact) mass is 252 g/mol. The van der Waals surface area contributed by atoms with Crippen LogP contribution in [0.25, 0.3) is 10.4 Å².